The molecule has 5 rings (SSSR count). The number of amides is 5. The van der Waals surface area contributed by atoms with Gasteiger partial charge in [0.2, 0.25) is 11.5 Å². The first-order valence-electron chi connectivity index (χ1n) is 12.4. The number of aryl methyl sites for hydroxylation is 1. The van der Waals surface area contributed by atoms with Gasteiger partial charge in [-0.15, -0.1) is 0 Å². The number of rotatable bonds is 5. The van der Waals surface area contributed by atoms with Crippen molar-refractivity contribution < 1.29 is 23.9 Å². The van der Waals surface area contributed by atoms with Crippen LogP contribution in [0, 0.1) is 0 Å². The van der Waals surface area contributed by atoms with E-state index in [-0.39, 0.29) is 24.5 Å². The van der Waals surface area contributed by atoms with Crippen LogP contribution in [0.15, 0.2) is 48.5 Å². The zero-order valence-corrected chi connectivity index (χ0v) is 20.3. The Morgan fingerprint density at radius 3 is 2.69 bits per heavy atom. The Bertz CT molecular complexity index is 1200. The summed E-state index contributed by atoms with van der Waals surface area (Å²) >= 11 is 0. The second kappa shape index (κ2) is 9.64. The van der Waals surface area contributed by atoms with Gasteiger partial charge < -0.3 is 20.3 Å². The maximum absolute atomic E-state index is 13.5. The molecule has 2 aromatic carbocycles. The van der Waals surface area contributed by atoms with Gasteiger partial charge in [0.25, 0.3) is 5.91 Å². The van der Waals surface area contributed by atoms with Crippen molar-refractivity contribution in [2.45, 2.75) is 50.2 Å². The van der Waals surface area contributed by atoms with E-state index in [9.17, 15) is 19.2 Å². The molecule has 2 heterocycles. The molecule has 36 heavy (non-hydrogen) atoms. The second-order valence-electron chi connectivity index (χ2n) is 9.59. The summed E-state index contributed by atoms with van der Waals surface area (Å²) in [7, 11) is 1.53. The molecule has 188 valence electrons. The predicted octanol–water partition coefficient (Wildman–Crippen LogP) is 3.18. The van der Waals surface area contributed by atoms with Crippen molar-refractivity contribution in [2.75, 3.05) is 25.5 Å². The number of nitrogens with one attached hydrogen (secondary N) is 2. The fourth-order valence-electron chi connectivity index (χ4n) is 5.58. The fourth-order valence-corrected chi connectivity index (χ4v) is 5.58. The quantitative estimate of drug-likeness (QED) is 0.669. The smallest absolute Gasteiger partial charge is 0.418 e. The highest BCUT2D eigenvalue weighted by molar-refractivity contribution is 6.06. The lowest BCUT2D eigenvalue weighted by Gasteiger charge is -2.36. The molecule has 2 saturated heterocycles. The van der Waals surface area contributed by atoms with Crippen molar-refractivity contribution in [2.24, 2.45) is 0 Å². The summed E-state index contributed by atoms with van der Waals surface area (Å²) in [5.74, 6) is -0.732. The standard InChI is InChI=1S/C27H30N4O5/c1-28-25(34)29-20-10-11-22-19(16-20)12-13-27(22)24(33)31(26(35)36-27)17-23(32)30-14-6-5-9-21(30)15-18-7-3-2-4-8-18/h2-4,7-8,10-11,16,21H,5-6,9,12-15,17H2,1H3,(H2,28,29,34)/t21-,27-/m1/s1. The molecule has 2 aromatic rings. The van der Waals surface area contributed by atoms with Gasteiger partial charge in [0.1, 0.15) is 6.54 Å². The second-order valence-corrected chi connectivity index (χ2v) is 9.59. The van der Waals surface area contributed by atoms with Gasteiger partial charge in [-0.1, -0.05) is 36.4 Å². The van der Waals surface area contributed by atoms with E-state index in [1.807, 2.05) is 23.1 Å². The molecule has 0 saturated carbocycles. The van der Waals surface area contributed by atoms with E-state index in [0.29, 0.717) is 30.6 Å². The van der Waals surface area contributed by atoms with Gasteiger partial charge in [0.15, 0.2) is 0 Å². The largest absolute Gasteiger partial charge is 0.427 e. The third kappa shape index (κ3) is 4.29. The number of benzene rings is 2. The summed E-state index contributed by atoms with van der Waals surface area (Å²) < 4.78 is 5.68. The van der Waals surface area contributed by atoms with E-state index in [4.69, 9.17) is 4.74 Å². The molecule has 0 unspecified atom stereocenters. The van der Waals surface area contributed by atoms with Crippen molar-refractivity contribution in [1.29, 1.82) is 0 Å². The van der Waals surface area contributed by atoms with Crippen molar-refractivity contribution in [3.8, 4) is 0 Å². The van der Waals surface area contributed by atoms with Crippen molar-refractivity contribution in [3.63, 3.8) is 0 Å². The molecule has 9 nitrogen and oxygen atoms in total. The summed E-state index contributed by atoms with van der Waals surface area (Å²) in [6.45, 7) is 0.291. The molecule has 9 heteroatoms. The van der Waals surface area contributed by atoms with Crippen LogP contribution in [0.5, 0.6) is 0 Å². The number of carbonyl (C=O) groups excluding carboxylic acids is 4. The molecule has 2 aliphatic heterocycles. The molecular weight excluding hydrogens is 460 g/mol. The lowest BCUT2D eigenvalue weighted by molar-refractivity contribution is -0.143. The number of imide groups is 1. The van der Waals surface area contributed by atoms with Crippen molar-refractivity contribution in [3.05, 3.63) is 65.2 Å². The summed E-state index contributed by atoms with van der Waals surface area (Å²) in [5, 5.41) is 5.20. The molecular formula is C27H30N4O5. The van der Waals surface area contributed by atoms with Gasteiger partial charge in [-0.25, -0.2) is 14.5 Å². The Balaban J connectivity index is 1.31. The molecule has 1 spiro atoms. The predicted molar refractivity (Wildman–Crippen MR) is 132 cm³/mol. The average Bonchev–Trinajstić information content (AvgIpc) is 3.36. The minimum absolute atomic E-state index is 0.0368. The SMILES string of the molecule is CNC(=O)Nc1ccc2c(c1)CC[C@@]21OC(=O)N(CC(=O)N2CCCC[C@@H]2Cc2ccccc2)C1=O. The van der Waals surface area contributed by atoms with Gasteiger partial charge in [-0.05, 0) is 55.4 Å². The molecule has 2 fully saturated rings. The van der Waals surface area contributed by atoms with Crippen LogP contribution in [0.3, 0.4) is 0 Å². The highest BCUT2D eigenvalue weighted by Gasteiger charge is 2.58. The highest BCUT2D eigenvalue weighted by Crippen LogP contribution is 2.46. The molecule has 0 aromatic heterocycles. The number of likely N-dealkylation sites (tertiary alicyclic amines) is 1. The first-order valence-corrected chi connectivity index (χ1v) is 12.4. The zero-order valence-electron chi connectivity index (χ0n) is 20.3. The van der Waals surface area contributed by atoms with E-state index < -0.39 is 17.6 Å². The lowest BCUT2D eigenvalue weighted by atomic mass is 9.94. The van der Waals surface area contributed by atoms with Crippen LogP contribution < -0.4 is 10.6 Å². The fraction of sp³-hybridized carbons (Fsp3) is 0.407. The summed E-state index contributed by atoms with van der Waals surface area (Å²) in [6.07, 6.45) is 3.62. The molecule has 0 radical (unpaired) electrons. The first-order chi connectivity index (χ1) is 17.4. The Labute approximate surface area is 209 Å². The third-order valence-corrected chi connectivity index (χ3v) is 7.40. The van der Waals surface area contributed by atoms with Gasteiger partial charge in [-0.3, -0.25) is 9.59 Å². The third-order valence-electron chi connectivity index (χ3n) is 7.40. The van der Waals surface area contributed by atoms with E-state index in [2.05, 4.69) is 22.8 Å². The molecule has 5 amide bonds. The Morgan fingerprint density at radius 1 is 1.11 bits per heavy atom. The van der Waals surface area contributed by atoms with Crippen LogP contribution in [-0.2, 0) is 32.8 Å². The first kappa shape index (κ1) is 23.8. The maximum Gasteiger partial charge on any atom is 0.418 e. The van der Waals surface area contributed by atoms with Crippen LogP contribution >= 0.6 is 0 Å². The van der Waals surface area contributed by atoms with Gasteiger partial charge in [0, 0.05) is 37.3 Å². The number of ether oxygens (including phenoxy) is 1. The number of anilines is 1. The molecule has 3 aliphatic rings. The summed E-state index contributed by atoms with van der Waals surface area (Å²) in [5.41, 5.74) is 1.77. The maximum atomic E-state index is 13.5. The van der Waals surface area contributed by atoms with Gasteiger partial charge in [-0.2, -0.15) is 0 Å². The van der Waals surface area contributed by atoms with Gasteiger partial charge >= 0.3 is 12.1 Å². The number of hydrogen-bond donors (Lipinski definition) is 2. The number of carbonyl (C=O) groups is 4. The van der Waals surface area contributed by atoms with Crippen LogP contribution in [0.1, 0.15) is 42.4 Å². The number of urea groups is 1. The monoisotopic (exact) mass is 490 g/mol. The minimum Gasteiger partial charge on any atom is -0.427 e. The van der Waals surface area contributed by atoms with Crippen LogP contribution in [-0.4, -0.2) is 59.9 Å². The Hall–Kier alpha value is -3.88. The van der Waals surface area contributed by atoms with Gasteiger partial charge in [0.05, 0.1) is 0 Å². The van der Waals surface area contributed by atoms with Crippen LogP contribution in [0.25, 0.3) is 0 Å². The minimum atomic E-state index is -1.41. The highest BCUT2D eigenvalue weighted by atomic mass is 16.6. The topological polar surface area (TPSA) is 108 Å². The number of nitrogens with zero attached hydrogens (tertiary/aromatic N) is 2. The lowest BCUT2D eigenvalue weighted by Crippen LogP contribution is -2.50. The molecule has 2 atom stereocenters. The Morgan fingerprint density at radius 2 is 1.92 bits per heavy atom. The number of hydrogen-bond acceptors (Lipinski definition) is 5. The summed E-state index contributed by atoms with van der Waals surface area (Å²) in [4.78, 5) is 54.1. The normalized spacial score (nSPS) is 23.0. The molecule has 0 bridgehead atoms. The molecule has 2 N–H and O–H groups in total. The van der Waals surface area contributed by atoms with Crippen molar-refractivity contribution >= 4 is 29.6 Å². The van der Waals surface area contributed by atoms with E-state index >= 15 is 0 Å². The number of fused-ring (bicyclic) bond motifs is 2. The van der Waals surface area contributed by atoms with Crippen LogP contribution in [0.4, 0.5) is 15.3 Å². The molecule has 1 aliphatic carbocycles. The van der Waals surface area contributed by atoms with E-state index in [1.54, 1.807) is 18.2 Å². The van der Waals surface area contributed by atoms with E-state index in [0.717, 1.165) is 41.7 Å². The zero-order chi connectivity index (χ0) is 25.3. The average molecular weight is 491 g/mol. The Kier molecular flexibility index (Phi) is 6.38. The summed E-state index contributed by atoms with van der Waals surface area (Å²) in [6, 6.07) is 14.9. The van der Waals surface area contributed by atoms with Crippen LogP contribution in [0.2, 0.25) is 0 Å². The van der Waals surface area contributed by atoms with E-state index in [1.165, 1.54) is 7.05 Å². The van der Waals surface area contributed by atoms with Crippen molar-refractivity contribution in [1.82, 2.24) is 15.1 Å². The number of piperidine rings is 1.